The molecule has 2 aromatic heterocycles. The molecule has 0 unspecified atom stereocenters. The molecule has 0 fully saturated rings. The zero-order valence-electron chi connectivity index (χ0n) is 8.93. The Labute approximate surface area is 94.3 Å². The van der Waals surface area contributed by atoms with Crippen molar-refractivity contribution in [1.29, 1.82) is 0 Å². The predicted molar refractivity (Wildman–Crippen MR) is 56.8 cm³/mol. The highest BCUT2D eigenvalue weighted by Crippen LogP contribution is 1.90. The zero-order valence-corrected chi connectivity index (χ0v) is 8.93. The molecule has 88 valence electrons. The van der Waals surface area contributed by atoms with Gasteiger partial charge in [-0.15, -0.1) is 0 Å². The highest BCUT2D eigenvalue weighted by molar-refractivity contribution is 5.93. The lowest BCUT2D eigenvalue weighted by atomic mass is 10.2. The summed E-state index contributed by atoms with van der Waals surface area (Å²) >= 11 is 0. The lowest BCUT2D eigenvalue weighted by Crippen LogP contribution is -2.38. The second-order valence-electron chi connectivity index (χ2n) is 3.39. The Morgan fingerprint density at radius 1 is 1.47 bits per heavy atom. The Hall–Kier alpha value is -2.51. The highest BCUT2D eigenvalue weighted by atomic mass is 16.2. The predicted octanol–water partition coefficient (Wildman–Crippen LogP) is -1.09. The molecule has 0 amide bonds. The van der Waals surface area contributed by atoms with Crippen molar-refractivity contribution in [3.05, 3.63) is 44.8 Å². The van der Waals surface area contributed by atoms with Crippen molar-refractivity contribution < 1.29 is 4.79 Å². The van der Waals surface area contributed by atoms with E-state index < -0.39 is 17.0 Å². The van der Waals surface area contributed by atoms with Crippen LogP contribution in [0.2, 0.25) is 0 Å². The van der Waals surface area contributed by atoms with Crippen LogP contribution in [0.25, 0.3) is 0 Å². The minimum Gasteiger partial charge on any atom is -0.313 e. The molecular formula is C9H9N5O3. The van der Waals surface area contributed by atoms with Crippen molar-refractivity contribution in [2.75, 3.05) is 0 Å². The fourth-order valence-electron chi connectivity index (χ4n) is 1.36. The molecule has 2 N–H and O–H groups in total. The second-order valence-corrected chi connectivity index (χ2v) is 3.39. The number of aromatic amines is 2. The van der Waals surface area contributed by atoms with Crippen molar-refractivity contribution in [1.82, 2.24) is 24.7 Å². The van der Waals surface area contributed by atoms with Crippen molar-refractivity contribution in [2.24, 2.45) is 0 Å². The van der Waals surface area contributed by atoms with E-state index in [2.05, 4.69) is 20.2 Å². The third kappa shape index (κ3) is 2.05. The van der Waals surface area contributed by atoms with Gasteiger partial charge in [0.1, 0.15) is 12.2 Å². The quantitative estimate of drug-likeness (QED) is 0.656. The molecule has 0 saturated carbocycles. The average Bonchev–Trinajstić information content (AvgIpc) is 2.76. The van der Waals surface area contributed by atoms with E-state index in [-0.39, 0.29) is 12.1 Å². The number of hydrogen-bond acceptors (Lipinski definition) is 5. The Morgan fingerprint density at radius 3 is 2.82 bits per heavy atom. The average molecular weight is 235 g/mol. The molecule has 0 aliphatic heterocycles. The van der Waals surface area contributed by atoms with Crippen molar-refractivity contribution >= 4 is 5.78 Å². The number of carbonyl (C=O) groups is 1. The topological polar surface area (TPSA) is 114 Å². The number of nitrogens with one attached hydrogen (secondary N) is 2. The standard InChI is InChI=1S/C9H9N5O3/c1-5(15)6-2-10-9(17)14(8(6)16)3-7-11-4-12-13-7/h2,4H,3H2,1H3,(H,10,17)(H,11,12,13). The second kappa shape index (κ2) is 4.16. The third-order valence-corrected chi connectivity index (χ3v) is 2.21. The maximum Gasteiger partial charge on any atom is 0.328 e. The summed E-state index contributed by atoms with van der Waals surface area (Å²) in [6.07, 6.45) is 2.38. The van der Waals surface area contributed by atoms with E-state index in [1.807, 2.05) is 0 Å². The fourth-order valence-corrected chi connectivity index (χ4v) is 1.36. The number of carbonyl (C=O) groups excluding carboxylic acids is 1. The third-order valence-electron chi connectivity index (χ3n) is 2.21. The largest absolute Gasteiger partial charge is 0.328 e. The minimum atomic E-state index is -0.641. The van der Waals surface area contributed by atoms with Crippen LogP contribution in [0.1, 0.15) is 23.1 Å². The molecule has 2 aromatic rings. The first-order valence-electron chi connectivity index (χ1n) is 4.77. The number of ketones is 1. The molecule has 0 saturated heterocycles. The Morgan fingerprint density at radius 2 is 2.24 bits per heavy atom. The van der Waals surface area contributed by atoms with E-state index in [0.29, 0.717) is 5.82 Å². The molecule has 2 heterocycles. The van der Waals surface area contributed by atoms with Gasteiger partial charge in [0, 0.05) is 6.20 Å². The summed E-state index contributed by atoms with van der Waals surface area (Å²) in [6.45, 7) is 1.20. The molecule has 0 spiro atoms. The first kappa shape index (κ1) is 11.0. The number of H-pyrrole nitrogens is 2. The number of nitrogens with zero attached hydrogens (tertiary/aromatic N) is 3. The van der Waals surface area contributed by atoms with Crippen LogP contribution in [0.4, 0.5) is 0 Å². The van der Waals surface area contributed by atoms with Crippen LogP contribution in [0.15, 0.2) is 22.1 Å². The van der Waals surface area contributed by atoms with Gasteiger partial charge in [0.2, 0.25) is 0 Å². The van der Waals surface area contributed by atoms with Crippen LogP contribution in [0.3, 0.4) is 0 Å². The van der Waals surface area contributed by atoms with E-state index in [1.54, 1.807) is 0 Å². The minimum absolute atomic E-state index is 0.0602. The van der Waals surface area contributed by atoms with E-state index in [4.69, 9.17) is 0 Å². The van der Waals surface area contributed by atoms with Crippen LogP contribution >= 0.6 is 0 Å². The van der Waals surface area contributed by atoms with Crippen molar-refractivity contribution in [3.8, 4) is 0 Å². The zero-order chi connectivity index (χ0) is 12.4. The van der Waals surface area contributed by atoms with Gasteiger partial charge < -0.3 is 4.98 Å². The van der Waals surface area contributed by atoms with Gasteiger partial charge in [-0.1, -0.05) is 0 Å². The molecule has 8 heteroatoms. The molecule has 0 radical (unpaired) electrons. The van der Waals surface area contributed by atoms with Crippen LogP contribution in [0, 0.1) is 0 Å². The highest BCUT2D eigenvalue weighted by Gasteiger charge is 2.11. The van der Waals surface area contributed by atoms with Gasteiger partial charge in [0.15, 0.2) is 5.78 Å². The van der Waals surface area contributed by atoms with Gasteiger partial charge in [-0.25, -0.2) is 9.78 Å². The molecular weight excluding hydrogens is 226 g/mol. The number of rotatable bonds is 3. The van der Waals surface area contributed by atoms with E-state index in [9.17, 15) is 14.4 Å². The summed E-state index contributed by atoms with van der Waals surface area (Å²) in [7, 11) is 0. The molecule has 0 atom stereocenters. The maximum absolute atomic E-state index is 11.8. The van der Waals surface area contributed by atoms with Gasteiger partial charge in [-0.3, -0.25) is 19.3 Å². The lowest BCUT2D eigenvalue weighted by molar-refractivity contribution is 0.101. The van der Waals surface area contributed by atoms with Gasteiger partial charge in [0.25, 0.3) is 5.56 Å². The van der Waals surface area contributed by atoms with Gasteiger partial charge in [-0.2, -0.15) is 5.10 Å². The monoisotopic (exact) mass is 235 g/mol. The van der Waals surface area contributed by atoms with Gasteiger partial charge in [-0.05, 0) is 6.92 Å². The maximum atomic E-state index is 11.8. The fraction of sp³-hybridized carbons (Fsp3) is 0.222. The Kier molecular flexibility index (Phi) is 2.69. The van der Waals surface area contributed by atoms with Gasteiger partial charge >= 0.3 is 5.69 Å². The summed E-state index contributed by atoms with van der Waals surface area (Å²) in [4.78, 5) is 40.6. The van der Waals surface area contributed by atoms with E-state index >= 15 is 0 Å². The van der Waals surface area contributed by atoms with E-state index in [1.165, 1.54) is 13.3 Å². The number of Topliss-reactive ketones (excluding diaryl/α,β-unsaturated/α-hetero) is 1. The molecule has 2 rings (SSSR count). The SMILES string of the molecule is CC(=O)c1c[nH]c(=O)n(Cc2ncn[nH]2)c1=O. The van der Waals surface area contributed by atoms with Gasteiger partial charge in [0.05, 0.1) is 12.1 Å². The Bertz CT molecular complexity index is 652. The van der Waals surface area contributed by atoms with Crippen LogP contribution in [-0.4, -0.2) is 30.5 Å². The molecule has 17 heavy (non-hydrogen) atoms. The summed E-state index contributed by atoms with van der Waals surface area (Å²) in [5.74, 6) is -0.0455. The molecule has 0 aromatic carbocycles. The smallest absolute Gasteiger partial charge is 0.313 e. The molecule has 0 bridgehead atoms. The Balaban J connectivity index is 2.53. The number of aromatic nitrogens is 5. The van der Waals surface area contributed by atoms with Crippen LogP contribution in [-0.2, 0) is 6.54 Å². The van der Waals surface area contributed by atoms with Crippen molar-refractivity contribution in [3.63, 3.8) is 0 Å². The van der Waals surface area contributed by atoms with E-state index in [0.717, 1.165) is 10.8 Å². The molecule has 0 aliphatic carbocycles. The lowest BCUT2D eigenvalue weighted by Gasteiger charge is -2.02. The van der Waals surface area contributed by atoms with Crippen LogP contribution in [0.5, 0.6) is 0 Å². The summed E-state index contributed by atoms with van der Waals surface area (Å²) in [5, 5.41) is 6.13. The molecule has 0 aliphatic rings. The number of hydrogen-bond donors (Lipinski definition) is 2. The summed E-state index contributed by atoms with van der Waals surface area (Å²) in [6, 6.07) is 0. The summed E-state index contributed by atoms with van der Waals surface area (Å²) < 4.78 is 0.886. The summed E-state index contributed by atoms with van der Waals surface area (Å²) in [5.41, 5.74) is -1.31. The normalized spacial score (nSPS) is 10.4. The first-order valence-corrected chi connectivity index (χ1v) is 4.77. The van der Waals surface area contributed by atoms with Crippen LogP contribution < -0.4 is 11.2 Å². The first-order chi connectivity index (χ1) is 8.09. The van der Waals surface area contributed by atoms with Crippen molar-refractivity contribution in [2.45, 2.75) is 13.5 Å². The molecule has 8 nitrogen and oxygen atoms in total.